The Morgan fingerprint density at radius 2 is 1.88 bits per heavy atom. The lowest BCUT2D eigenvalue weighted by Gasteiger charge is -2.26. The number of halogens is 1. The number of piperidine rings is 1. The lowest BCUT2D eigenvalue weighted by molar-refractivity contribution is 0.114. The van der Waals surface area contributed by atoms with Crippen molar-refractivity contribution in [1.82, 2.24) is 15.1 Å². The molecule has 1 atom stereocenters. The van der Waals surface area contributed by atoms with Crippen molar-refractivity contribution in [3.8, 4) is 0 Å². The van der Waals surface area contributed by atoms with Gasteiger partial charge in [0.25, 0.3) is 0 Å². The third-order valence-electron chi connectivity index (χ3n) is 5.32. The second kappa shape index (κ2) is 14.9. The van der Waals surface area contributed by atoms with Crippen LogP contribution >= 0.6 is 24.0 Å². The smallest absolute Gasteiger partial charge is 0.193 e. The van der Waals surface area contributed by atoms with Crippen LogP contribution in [0, 0.1) is 5.92 Å². The third-order valence-corrected chi connectivity index (χ3v) is 5.32. The summed E-state index contributed by atoms with van der Waals surface area (Å²) < 4.78 is 5.59. The highest BCUT2D eigenvalue weighted by Crippen LogP contribution is 2.16. The van der Waals surface area contributed by atoms with Crippen LogP contribution in [0.2, 0.25) is 0 Å². The molecule has 2 rings (SSSR count). The van der Waals surface area contributed by atoms with Crippen molar-refractivity contribution in [2.75, 3.05) is 59.0 Å². The van der Waals surface area contributed by atoms with Crippen LogP contribution in [0.3, 0.4) is 0 Å². The predicted molar refractivity (Wildman–Crippen MR) is 122 cm³/mol. The summed E-state index contributed by atoms with van der Waals surface area (Å²) in [7, 11) is 0. The van der Waals surface area contributed by atoms with Gasteiger partial charge in [-0.2, -0.15) is 0 Å². The number of hydrogen-bond acceptors (Lipinski definition) is 3. The van der Waals surface area contributed by atoms with Crippen molar-refractivity contribution in [2.45, 2.75) is 58.8 Å². The molecule has 0 aromatic heterocycles. The second-order valence-electron chi connectivity index (χ2n) is 7.46. The summed E-state index contributed by atoms with van der Waals surface area (Å²) in [5, 5.41) is 3.47. The second-order valence-corrected chi connectivity index (χ2v) is 7.46. The van der Waals surface area contributed by atoms with Gasteiger partial charge in [-0.3, -0.25) is 4.99 Å². The molecule has 1 unspecified atom stereocenters. The Morgan fingerprint density at radius 3 is 2.62 bits per heavy atom. The molecular formula is C20H41IN4O. The fourth-order valence-corrected chi connectivity index (χ4v) is 3.86. The zero-order valence-corrected chi connectivity index (χ0v) is 19.4. The molecule has 26 heavy (non-hydrogen) atoms. The number of guanidine groups is 1. The maximum Gasteiger partial charge on any atom is 0.193 e. The SMILES string of the molecule is CCNC(=NCCCCCN1CCCCC1)N1CCC(COCC)C1.I. The van der Waals surface area contributed by atoms with E-state index < -0.39 is 0 Å². The number of unbranched alkanes of at least 4 members (excludes halogenated alkanes) is 2. The van der Waals surface area contributed by atoms with Crippen molar-refractivity contribution in [3.63, 3.8) is 0 Å². The Labute approximate surface area is 178 Å². The average Bonchev–Trinajstić information content (AvgIpc) is 3.11. The van der Waals surface area contributed by atoms with Gasteiger partial charge < -0.3 is 19.9 Å². The minimum absolute atomic E-state index is 0. The van der Waals surface area contributed by atoms with Crippen LogP contribution in [0.25, 0.3) is 0 Å². The summed E-state index contributed by atoms with van der Waals surface area (Å²) in [6.07, 6.45) is 9.28. The van der Waals surface area contributed by atoms with Crippen molar-refractivity contribution >= 4 is 29.9 Å². The average molecular weight is 480 g/mol. The Hall–Kier alpha value is -0.0800. The first kappa shape index (κ1) is 24.0. The summed E-state index contributed by atoms with van der Waals surface area (Å²) in [5.74, 6) is 1.77. The molecule has 5 nitrogen and oxygen atoms in total. The van der Waals surface area contributed by atoms with Crippen molar-refractivity contribution in [2.24, 2.45) is 10.9 Å². The molecule has 2 aliphatic rings. The number of hydrogen-bond donors (Lipinski definition) is 1. The van der Waals surface area contributed by atoms with E-state index in [2.05, 4.69) is 29.0 Å². The fourth-order valence-electron chi connectivity index (χ4n) is 3.86. The van der Waals surface area contributed by atoms with Crippen molar-refractivity contribution in [3.05, 3.63) is 0 Å². The summed E-state index contributed by atoms with van der Waals surface area (Å²) in [6.45, 7) is 14.0. The zero-order valence-electron chi connectivity index (χ0n) is 17.0. The van der Waals surface area contributed by atoms with E-state index in [1.807, 2.05) is 0 Å². The molecule has 0 aliphatic carbocycles. The van der Waals surface area contributed by atoms with E-state index in [-0.39, 0.29) is 24.0 Å². The van der Waals surface area contributed by atoms with Crippen molar-refractivity contribution in [1.29, 1.82) is 0 Å². The van der Waals surface area contributed by atoms with Gasteiger partial charge in [0.05, 0.1) is 6.61 Å². The number of nitrogens with zero attached hydrogens (tertiary/aromatic N) is 3. The molecule has 0 saturated carbocycles. The van der Waals surface area contributed by atoms with Gasteiger partial charge in [0.1, 0.15) is 0 Å². The first-order valence-electron chi connectivity index (χ1n) is 10.7. The quantitative estimate of drug-likeness (QED) is 0.225. The highest BCUT2D eigenvalue weighted by atomic mass is 127. The van der Waals surface area contributed by atoms with Gasteiger partial charge in [-0.25, -0.2) is 0 Å². The molecule has 0 bridgehead atoms. The first-order valence-corrected chi connectivity index (χ1v) is 10.7. The molecule has 1 N–H and O–H groups in total. The number of rotatable bonds is 10. The van der Waals surface area contributed by atoms with E-state index in [9.17, 15) is 0 Å². The monoisotopic (exact) mass is 480 g/mol. The molecule has 0 aromatic carbocycles. The van der Waals surface area contributed by atoms with Gasteiger partial charge in [-0.05, 0) is 65.6 Å². The summed E-state index contributed by atoms with van der Waals surface area (Å²) in [4.78, 5) is 9.93. The topological polar surface area (TPSA) is 40.1 Å². The molecule has 154 valence electrons. The number of ether oxygens (including phenoxy) is 1. The van der Waals surface area contributed by atoms with Crippen LogP contribution in [0.5, 0.6) is 0 Å². The molecule has 0 spiro atoms. The number of aliphatic imine (C=N–C) groups is 1. The van der Waals surface area contributed by atoms with Crippen LogP contribution in [-0.2, 0) is 4.74 Å². The maximum atomic E-state index is 5.59. The van der Waals surface area contributed by atoms with E-state index in [1.165, 1.54) is 64.6 Å². The molecule has 6 heteroatoms. The molecule has 2 heterocycles. The zero-order chi connectivity index (χ0) is 17.7. The van der Waals surface area contributed by atoms with Gasteiger partial charge >= 0.3 is 0 Å². The van der Waals surface area contributed by atoms with Crippen molar-refractivity contribution < 1.29 is 4.74 Å². The molecule has 2 fully saturated rings. The minimum Gasteiger partial charge on any atom is -0.381 e. The first-order chi connectivity index (χ1) is 12.3. The Morgan fingerprint density at radius 1 is 1.08 bits per heavy atom. The third kappa shape index (κ3) is 9.22. The summed E-state index contributed by atoms with van der Waals surface area (Å²) in [5.41, 5.74) is 0. The molecule has 0 aromatic rings. The predicted octanol–water partition coefficient (Wildman–Crippen LogP) is 3.58. The molecule has 2 aliphatic heterocycles. The highest BCUT2D eigenvalue weighted by molar-refractivity contribution is 14.0. The van der Waals surface area contributed by atoms with Crippen LogP contribution in [0.15, 0.2) is 4.99 Å². The van der Waals surface area contributed by atoms with Gasteiger partial charge in [0.15, 0.2) is 5.96 Å². The Kier molecular flexibility index (Phi) is 13.7. The van der Waals surface area contributed by atoms with Gasteiger partial charge in [-0.1, -0.05) is 12.8 Å². The van der Waals surface area contributed by atoms with E-state index >= 15 is 0 Å². The molecule has 0 radical (unpaired) electrons. The lowest BCUT2D eigenvalue weighted by atomic mass is 10.1. The van der Waals surface area contributed by atoms with E-state index in [0.717, 1.165) is 45.4 Å². The minimum atomic E-state index is 0. The number of nitrogens with one attached hydrogen (secondary N) is 1. The van der Waals surface area contributed by atoms with Gasteiger partial charge in [-0.15, -0.1) is 24.0 Å². The fraction of sp³-hybridized carbons (Fsp3) is 0.950. The lowest BCUT2D eigenvalue weighted by Crippen LogP contribution is -2.40. The highest BCUT2D eigenvalue weighted by Gasteiger charge is 2.24. The standard InChI is InChI=1S/C20H40N4O.HI/c1-3-21-20(24-16-11-19(17-24)18-25-4-2)22-12-7-5-8-13-23-14-9-6-10-15-23;/h19H,3-18H2,1-2H3,(H,21,22);1H. The van der Waals surface area contributed by atoms with E-state index in [4.69, 9.17) is 9.73 Å². The normalized spacial score (nSPS) is 21.7. The molecule has 2 saturated heterocycles. The Balaban J connectivity index is 0.00000338. The van der Waals surface area contributed by atoms with Crippen LogP contribution in [0.1, 0.15) is 58.8 Å². The van der Waals surface area contributed by atoms with E-state index in [0.29, 0.717) is 5.92 Å². The van der Waals surface area contributed by atoms with Gasteiger partial charge in [0.2, 0.25) is 0 Å². The van der Waals surface area contributed by atoms with Gasteiger partial charge in [0, 0.05) is 38.7 Å². The summed E-state index contributed by atoms with van der Waals surface area (Å²) >= 11 is 0. The summed E-state index contributed by atoms with van der Waals surface area (Å²) in [6, 6.07) is 0. The van der Waals surface area contributed by atoms with E-state index in [1.54, 1.807) is 0 Å². The molecular weight excluding hydrogens is 439 g/mol. The van der Waals surface area contributed by atoms with Crippen LogP contribution in [0.4, 0.5) is 0 Å². The van der Waals surface area contributed by atoms with Crippen LogP contribution < -0.4 is 5.32 Å². The molecule has 0 amide bonds. The number of likely N-dealkylation sites (tertiary alicyclic amines) is 2. The van der Waals surface area contributed by atoms with Crippen LogP contribution in [-0.4, -0.2) is 74.8 Å². The Bertz CT molecular complexity index is 375. The largest absolute Gasteiger partial charge is 0.381 e. The maximum absolute atomic E-state index is 5.59.